The molecule has 8 heteroatoms. The maximum Gasteiger partial charge on any atom is 0.275 e. The molecule has 0 unspecified atom stereocenters. The molecule has 2 rings (SSSR count). The van der Waals surface area contributed by atoms with Crippen LogP contribution < -0.4 is 20.5 Å². The van der Waals surface area contributed by atoms with E-state index in [1.807, 2.05) is 13.8 Å². The second-order valence-electron chi connectivity index (χ2n) is 4.31. The molecule has 0 bridgehead atoms. The molecule has 1 aromatic heterocycles. The molecular formula is C15H20ClN3O3S. The van der Waals surface area contributed by atoms with Gasteiger partial charge in [-0.1, -0.05) is 0 Å². The SMILES string of the molecule is CCOc1ccc(OCC)c(NC(=O)c2csc(CN)n2)c1.Cl. The van der Waals surface area contributed by atoms with Gasteiger partial charge >= 0.3 is 0 Å². The van der Waals surface area contributed by atoms with Crippen molar-refractivity contribution >= 4 is 35.3 Å². The highest BCUT2D eigenvalue weighted by molar-refractivity contribution is 7.09. The van der Waals surface area contributed by atoms with Gasteiger partial charge in [-0.2, -0.15) is 0 Å². The summed E-state index contributed by atoms with van der Waals surface area (Å²) in [7, 11) is 0. The van der Waals surface area contributed by atoms with Gasteiger partial charge in [0.05, 0.1) is 18.9 Å². The minimum absolute atomic E-state index is 0. The van der Waals surface area contributed by atoms with Crippen molar-refractivity contribution < 1.29 is 14.3 Å². The summed E-state index contributed by atoms with van der Waals surface area (Å²) in [4.78, 5) is 16.4. The Hall–Kier alpha value is -1.83. The van der Waals surface area contributed by atoms with Gasteiger partial charge in [0.15, 0.2) is 0 Å². The van der Waals surface area contributed by atoms with Crippen LogP contribution in [-0.4, -0.2) is 24.1 Å². The van der Waals surface area contributed by atoms with E-state index in [1.54, 1.807) is 23.6 Å². The van der Waals surface area contributed by atoms with Crippen molar-refractivity contribution in [2.45, 2.75) is 20.4 Å². The van der Waals surface area contributed by atoms with Crippen molar-refractivity contribution in [2.24, 2.45) is 5.73 Å². The third-order valence-electron chi connectivity index (χ3n) is 2.77. The highest BCUT2D eigenvalue weighted by Gasteiger charge is 2.14. The average molecular weight is 358 g/mol. The lowest BCUT2D eigenvalue weighted by Gasteiger charge is -2.13. The number of halogens is 1. The van der Waals surface area contributed by atoms with E-state index in [4.69, 9.17) is 15.2 Å². The smallest absolute Gasteiger partial charge is 0.275 e. The number of nitrogens with two attached hydrogens (primary N) is 1. The minimum atomic E-state index is -0.300. The third kappa shape index (κ3) is 5.09. The fourth-order valence-corrected chi connectivity index (χ4v) is 2.49. The van der Waals surface area contributed by atoms with Crippen molar-refractivity contribution in [3.63, 3.8) is 0 Å². The first-order chi connectivity index (χ1) is 10.7. The molecule has 1 aromatic carbocycles. The highest BCUT2D eigenvalue weighted by atomic mass is 35.5. The molecule has 126 valence electrons. The second kappa shape index (κ2) is 9.34. The molecule has 0 saturated carbocycles. The first kappa shape index (κ1) is 19.2. The van der Waals surface area contributed by atoms with Crippen molar-refractivity contribution in [1.29, 1.82) is 0 Å². The van der Waals surface area contributed by atoms with E-state index in [1.165, 1.54) is 11.3 Å². The number of rotatable bonds is 7. The fraction of sp³-hybridized carbons (Fsp3) is 0.333. The molecule has 0 fully saturated rings. The van der Waals surface area contributed by atoms with Crippen LogP contribution >= 0.6 is 23.7 Å². The van der Waals surface area contributed by atoms with Crippen LogP contribution in [0, 0.1) is 0 Å². The van der Waals surface area contributed by atoms with Crippen LogP contribution in [0.4, 0.5) is 5.69 Å². The Morgan fingerprint density at radius 2 is 2.04 bits per heavy atom. The predicted molar refractivity (Wildman–Crippen MR) is 94.0 cm³/mol. The first-order valence-electron chi connectivity index (χ1n) is 7.03. The van der Waals surface area contributed by atoms with Gasteiger partial charge in [0, 0.05) is 18.0 Å². The Bertz CT molecular complexity index is 649. The summed E-state index contributed by atoms with van der Waals surface area (Å²) in [5.41, 5.74) is 6.41. The van der Waals surface area contributed by atoms with Crippen LogP contribution in [0.1, 0.15) is 29.3 Å². The summed E-state index contributed by atoms with van der Waals surface area (Å²) in [5, 5.41) is 5.21. The molecule has 2 aromatic rings. The van der Waals surface area contributed by atoms with Crippen LogP contribution in [0.25, 0.3) is 0 Å². The van der Waals surface area contributed by atoms with Crippen LogP contribution in [0.2, 0.25) is 0 Å². The van der Waals surface area contributed by atoms with E-state index < -0.39 is 0 Å². The zero-order chi connectivity index (χ0) is 15.9. The zero-order valence-corrected chi connectivity index (χ0v) is 14.6. The maximum absolute atomic E-state index is 12.3. The van der Waals surface area contributed by atoms with Gasteiger partial charge in [0.1, 0.15) is 22.2 Å². The Morgan fingerprint density at radius 1 is 1.30 bits per heavy atom. The van der Waals surface area contributed by atoms with Crippen LogP contribution in [0.5, 0.6) is 11.5 Å². The lowest BCUT2D eigenvalue weighted by molar-refractivity contribution is 0.102. The molecule has 1 amide bonds. The number of hydrogen-bond donors (Lipinski definition) is 2. The first-order valence-corrected chi connectivity index (χ1v) is 7.91. The topological polar surface area (TPSA) is 86.5 Å². The van der Waals surface area contributed by atoms with Crippen molar-refractivity contribution in [3.05, 3.63) is 34.3 Å². The standard InChI is InChI=1S/C15H19N3O3S.ClH/c1-3-20-10-5-6-13(21-4-2)11(7-10)18-15(19)12-9-22-14(8-16)17-12;/h5-7,9H,3-4,8,16H2,1-2H3,(H,18,19);1H. The lowest BCUT2D eigenvalue weighted by Crippen LogP contribution is -2.14. The number of nitrogens with zero attached hydrogens (tertiary/aromatic N) is 1. The number of benzene rings is 1. The molecule has 0 radical (unpaired) electrons. The van der Waals surface area contributed by atoms with Gasteiger partial charge in [-0.05, 0) is 26.0 Å². The third-order valence-corrected chi connectivity index (χ3v) is 3.64. The molecule has 1 heterocycles. The van der Waals surface area contributed by atoms with Crippen molar-refractivity contribution in [2.75, 3.05) is 18.5 Å². The fourth-order valence-electron chi connectivity index (χ4n) is 1.84. The number of ether oxygens (including phenoxy) is 2. The van der Waals surface area contributed by atoms with Gasteiger partial charge in [-0.15, -0.1) is 23.7 Å². The van der Waals surface area contributed by atoms with E-state index in [-0.39, 0.29) is 18.3 Å². The van der Waals surface area contributed by atoms with Crippen LogP contribution in [-0.2, 0) is 6.54 Å². The van der Waals surface area contributed by atoms with E-state index in [9.17, 15) is 4.79 Å². The lowest BCUT2D eigenvalue weighted by atomic mass is 10.2. The average Bonchev–Trinajstić information content (AvgIpc) is 2.99. The van der Waals surface area contributed by atoms with E-state index >= 15 is 0 Å². The molecule has 6 nitrogen and oxygen atoms in total. The summed E-state index contributed by atoms with van der Waals surface area (Å²) in [6, 6.07) is 5.32. The molecule has 0 aliphatic carbocycles. The van der Waals surface area contributed by atoms with Crippen molar-refractivity contribution in [3.8, 4) is 11.5 Å². The quantitative estimate of drug-likeness (QED) is 0.795. The summed E-state index contributed by atoms with van der Waals surface area (Å²) < 4.78 is 11.0. The predicted octanol–water partition coefficient (Wildman–Crippen LogP) is 3.07. The molecule has 3 N–H and O–H groups in total. The number of nitrogens with one attached hydrogen (secondary N) is 1. The number of carbonyl (C=O) groups excluding carboxylic acids is 1. The number of aromatic nitrogens is 1. The van der Waals surface area contributed by atoms with Crippen LogP contribution in [0.15, 0.2) is 23.6 Å². The summed E-state index contributed by atoms with van der Waals surface area (Å²) in [5.74, 6) is 0.960. The maximum atomic E-state index is 12.3. The number of carbonyl (C=O) groups is 1. The summed E-state index contributed by atoms with van der Waals surface area (Å²) in [6.07, 6.45) is 0. The Kier molecular flexibility index (Phi) is 7.80. The molecule has 0 aliphatic rings. The molecule has 0 aliphatic heterocycles. The zero-order valence-electron chi connectivity index (χ0n) is 13.0. The van der Waals surface area contributed by atoms with Gasteiger partial charge in [0.25, 0.3) is 5.91 Å². The summed E-state index contributed by atoms with van der Waals surface area (Å²) >= 11 is 1.36. The van der Waals surface area contributed by atoms with Crippen LogP contribution in [0.3, 0.4) is 0 Å². The van der Waals surface area contributed by atoms with Gasteiger partial charge in [0.2, 0.25) is 0 Å². The Labute approximate surface area is 145 Å². The molecule has 0 saturated heterocycles. The van der Waals surface area contributed by atoms with Crippen molar-refractivity contribution in [1.82, 2.24) is 4.98 Å². The van der Waals surface area contributed by atoms with Gasteiger partial charge in [-0.25, -0.2) is 4.98 Å². The monoisotopic (exact) mass is 357 g/mol. The number of hydrogen-bond acceptors (Lipinski definition) is 6. The Balaban J connectivity index is 0.00000264. The highest BCUT2D eigenvalue weighted by Crippen LogP contribution is 2.30. The summed E-state index contributed by atoms with van der Waals surface area (Å²) in [6.45, 7) is 5.16. The van der Waals surface area contributed by atoms with E-state index in [0.29, 0.717) is 42.6 Å². The molecule has 0 spiro atoms. The van der Waals surface area contributed by atoms with Gasteiger partial charge in [-0.3, -0.25) is 4.79 Å². The van der Waals surface area contributed by atoms with Gasteiger partial charge < -0.3 is 20.5 Å². The number of thiazole rings is 1. The minimum Gasteiger partial charge on any atom is -0.494 e. The second-order valence-corrected chi connectivity index (χ2v) is 5.25. The molecule has 0 atom stereocenters. The van der Waals surface area contributed by atoms with E-state index in [0.717, 1.165) is 5.01 Å². The largest absolute Gasteiger partial charge is 0.494 e. The molecular weight excluding hydrogens is 338 g/mol. The normalized spacial score (nSPS) is 9.87. The number of anilines is 1. The Morgan fingerprint density at radius 3 is 2.65 bits per heavy atom. The number of amides is 1. The molecule has 23 heavy (non-hydrogen) atoms. The van der Waals surface area contributed by atoms with E-state index in [2.05, 4.69) is 10.3 Å².